The van der Waals surface area contributed by atoms with Crippen LogP contribution in [0.25, 0.3) is 0 Å². The maximum Gasteiger partial charge on any atom is 0.329 e. The first-order chi connectivity index (χ1) is 9.94. The molecule has 0 radical (unpaired) electrons. The molecule has 1 unspecified atom stereocenters. The number of aliphatic carboxylic acids is 1. The predicted molar refractivity (Wildman–Crippen MR) is 84.2 cm³/mol. The molecule has 4 heteroatoms. The minimum atomic E-state index is -1.02. The zero-order valence-corrected chi connectivity index (χ0v) is 13.2. The van der Waals surface area contributed by atoms with Gasteiger partial charge in [0.15, 0.2) is 5.54 Å². The van der Waals surface area contributed by atoms with Crippen LogP contribution in [-0.4, -0.2) is 42.2 Å². The van der Waals surface area contributed by atoms with E-state index in [-0.39, 0.29) is 0 Å². The van der Waals surface area contributed by atoms with Crippen molar-refractivity contribution in [3.05, 3.63) is 35.9 Å². The van der Waals surface area contributed by atoms with Crippen LogP contribution in [0.15, 0.2) is 30.3 Å². The normalized spacial score (nSPS) is 18.0. The molecule has 0 amide bonds. The van der Waals surface area contributed by atoms with Crippen molar-refractivity contribution >= 4 is 5.97 Å². The van der Waals surface area contributed by atoms with E-state index in [9.17, 15) is 9.90 Å². The minimum Gasteiger partial charge on any atom is -0.480 e. The molecule has 1 aromatic rings. The standard InChI is InChI=1S/C17H26N2O2/c1-13(2)11-19(3)12-17(16(20)21,18-15-9-10-15)14-7-5-4-6-8-14/h4-8,13,15,18H,9-12H2,1-3H3,(H,20,21). The first-order valence-electron chi connectivity index (χ1n) is 7.69. The first-order valence-corrected chi connectivity index (χ1v) is 7.69. The minimum absolute atomic E-state index is 0.328. The number of hydrogen-bond donors (Lipinski definition) is 2. The molecule has 1 atom stereocenters. The van der Waals surface area contributed by atoms with Gasteiger partial charge in [-0.25, -0.2) is 4.79 Å². The van der Waals surface area contributed by atoms with Crippen LogP contribution in [0.2, 0.25) is 0 Å². The fourth-order valence-electron chi connectivity index (χ4n) is 2.86. The third-order valence-electron chi connectivity index (χ3n) is 3.84. The van der Waals surface area contributed by atoms with Gasteiger partial charge in [-0.3, -0.25) is 5.32 Å². The maximum absolute atomic E-state index is 12.1. The Bertz CT molecular complexity index is 471. The van der Waals surface area contributed by atoms with Gasteiger partial charge in [0.2, 0.25) is 0 Å². The van der Waals surface area contributed by atoms with Crippen LogP contribution < -0.4 is 5.32 Å². The molecule has 2 rings (SSSR count). The number of carbonyl (C=O) groups is 1. The quantitative estimate of drug-likeness (QED) is 0.771. The van der Waals surface area contributed by atoms with Gasteiger partial charge in [-0.1, -0.05) is 44.2 Å². The number of nitrogens with one attached hydrogen (secondary N) is 1. The number of nitrogens with zero attached hydrogens (tertiary/aromatic N) is 1. The van der Waals surface area contributed by atoms with Crippen LogP contribution >= 0.6 is 0 Å². The Morgan fingerprint density at radius 1 is 1.38 bits per heavy atom. The van der Waals surface area contributed by atoms with Crippen LogP contribution in [0, 0.1) is 5.92 Å². The van der Waals surface area contributed by atoms with Gasteiger partial charge in [0.25, 0.3) is 0 Å². The van der Waals surface area contributed by atoms with E-state index in [2.05, 4.69) is 24.1 Å². The highest BCUT2D eigenvalue weighted by molar-refractivity contribution is 5.81. The Labute approximate surface area is 127 Å². The topological polar surface area (TPSA) is 52.6 Å². The molecule has 0 saturated heterocycles. The number of hydrogen-bond acceptors (Lipinski definition) is 3. The molecule has 1 aromatic carbocycles. The summed E-state index contributed by atoms with van der Waals surface area (Å²) in [7, 11) is 2.00. The highest BCUT2D eigenvalue weighted by atomic mass is 16.4. The average molecular weight is 290 g/mol. The molecule has 0 aliphatic heterocycles. The van der Waals surface area contributed by atoms with Crippen LogP contribution in [-0.2, 0) is 10.3 Å². The summed E-state index contributed by atoms with van der Waals surface area (Å²) in [6.07, 6.45) is 2.13. The summed E-state index contributed by atoms with van der Waals surface area (Å²) in [5, 5.41) is 13.3. The number of rotatable bonds is 8. The van der Waals surface area contributed by atoms with E-state index in [4.69, 9.17) is 0 Å². The van der Waals surface area contributed by atoms with Gasteiger partial charge in [-0.05, 0) is 31.4 Å². The van der Waals surface area contributed by atoms with E-state index >= 15 is 0 Å². The van der Waals surface area contributed by atoms with Gasteiger partial charge in [0, 0.05) is 19.1 Å². The molecular formula is C17H26N2O2. The third kappa shape index (κ3) is 4.05. The molecule has 0 aromatic heterocycles. The summed E-state index contributed by atoms with van der Waals surface area (Å²) in [4.78, 5) is 14.2. The van der Waals surface area contributed by atoms with Crippen molar-refractivity contribution in [1.82, 2.24) is 10.2 Å². The van der Waals surface area contributed by atoms with E-state index in [0.717, 1.165) is 24.9 Å². The van der Waals surface area contributed by atoms with Crippen molar-refractivity contribution in [3.63, 3.8) is 0 Å². The fraction of sp³-hybridized carbons (Fsp3) is 0.588. The lowest BCUT2D eigenvalue weighted by Gasteiger charge is -2.35. The van der Waals surface area contributed by atoms with Crippen LogP contribution in [0.3, 0.4) is 0 Å². The molecule has 0 bridgehead atoms. The molecule has 2 N–H and O–H groups in total. The van der Waals surface area contributed by atoms with E-state index < -0.39 is 11.5 Å². The van der Waals surface area contributed by atoms with Crippen LogP contribution in [0.4, 0.5) is 0 Å². The highest BCUT2D eigenvalue weighted by Crippen LogP contribution is 2.30. The Morgan fingerprint density at radius 2 is 2.00 bits per heavy atom. The van der Waals surface area contributed by atoms with Crippen molar-refractivity contribution in [2.45, 2.75) is 38.3 Å². The van der Waals surface area contributed by atoms with Crippen molar-refractivity contribution in [1.29, 1.82) is 0 Å². The number of benzene rings is 1. The molecule has 1 fully saturated rings. The molecule has 0 heterocycles. The summed E-state index contributed by atoms with van der Waals surface area (Å²) >= 11 is 0. The summed E-state index contributed by atoms with van der Waals surface area (Å²) in [5.41, 5.74) is -0.188. The molecular weight excluding hydrogens is 264 g/mol. The van der Waals surface area contributed by atoms with Crippen molar-refractivity contribution < 1.29 is 9.90 Å². The molecule has 1 aliphatic carbocycles. The van der Waals surface area contributed by atoms with Crippen molar-refractivity contribution in [3.8, 4) is 0 Å². The van der Waals surface area contributed by atoms with Gasteiger partial charge >= 0.3 is 5.97 Å². The summed E-state index contributed by atoms with van der Waals surface area (Å²) in [6, 6.07) is 9.88. The lowest BCUT2D eigenvalue weighted by Crippen LogP contribution is -2.57. The number of carboxylic acids is 1. The molecule has 116 valence electrons. The molecule has 0 spiro atoms. The van der Waals surface area contributed by atoms with E-state index in [1.165, 1.54) is 0 Å². The molecule has 21 heavy (non-hydrogen) atoms. The number of likely N-dealkylation sites (N-methyl/N-ethyl adjacent to an activating group) is 1. The predicted octanol–water partition coefficient (Wildman–Crippen LogP) is 2.31. The lowest BCUT2D eigenvalue weighted by molar-refractivity contribution is -0.146. The second kappa shape index (κ2) is 6.58. The zero-order chi connectivity index (χ0) is 15.5. The van der Waals surface area contributed by atoms with Gasteiger partial charge < -0.3 is 10.0 Å². The van der Waals surface area contributed by atoms with Crippen molar-refractivity contribution in [2.75, 3.05) is 20.1 Å². The van der Waals surface area contributed by atoms with Crippen molar-refractivity contribution in [2.24, 2.45) is 5.92 Å². The van der Waals surface area contributed by atoms with E-state index in [0.29, 0.717) is 18.5 Å². The average Bonchev–Trinajstić information content (AvgIpc) is 3.21. The number of carboxylic acid groups (broad SMARTS) is 1. The molecule has 4 nitrogen and oxygen atoms in total. The highest BCUT2D eigenvalue weighted by Gasteiger charge is 2.44. The largest absolute Gasteiger partial charge is 0.480 e. The zero-order valence-electron chi connectivity index (χ0n) is 13.2. The Kier molecular flexibility index (Phi) is 5.01. The van der Waals surface area contributed by atoms with E-state index in [1.54, 1.807) is 0 Å². The maximum atomic E-state index is 12.1. The second-order valence-electron chi connectivity index (χ2n) is 6.59. The van der Waals surface area contributed by atoms with Crippen LogP contribution in [0.5, 0.6) is 0 Å². The smallest absolute Gasteiger partial charge is 0.329 e. The van der Waals surface area contributed by atoms with Gasteiger partial charge in [-0.2, -0.15) is 0 Å². The van der Waals surface area contributed by atoms with E-state index in [1.807, 2.05) is 37.4 Å². The first kappa shape index (κ1) is 16.0. The molecule has 1 saturated carbocycles. The lowest BCUT2D eigenvalue weighted by atomic mass is 9.88. The van der Waals surface area contributed by atoms with Gasteiger partial charge in [0.1, 0.15) is 0 Å². The second-order valence-corrected chi connectivity index (χ2v) is 6.59. The van der Waals surface area contributed by atoms with Gasteiger partial charge in [-0.15, -0.1) is 0 Å². The Hall–Kier alpha value is -1.39. The van der Waals surface area contributed by atoms with Crippen LogP contribution in [0.1, 0.15) is 32.3 Å². The SMILES string of the molecule is CC(C)CN(C)CC(NC1CC1)(C(=O)O)c1ccccc1. The molecule has 1 aliphatic rings. The summed E-state index contributed by atoms with van der Waals surface area (Å²) in [5.74, 6) is -0.283. The monoisotopic (exact) mass is 290 g/mol. The summed E-state index contributed by atoms with van der Waals surface area (Å²) in [6.45, 7) is 5.65. The Morgan fingerprint density at radius 3 is 2.48 bits per heavy atom. The Balaban J connectivity index is 2.29. The third-order valence-corrected chi connectivity index (χ3v) is 3.84. The summed E-state index contributed by atoms with van der Waals surface area (Å²) < 4.78 is 0. The van der Waals surface area contributed by atoms with Gasteiger partial charge in [0.05, 0.1) is 0 Å². The fourth-order valence-corrected chi connectivity index (χ4v) is 2.86.